The molecule has 1 saturated heterocycles. The lowest BCUT2D eigenvalue weighted by atomic mass is 9.81. The second-order valence-corrected chi connectivity index (χ2v) is 7.85. The maximum atomic E-state index is 12.0. The van der Waals surface area contributed by atoms with Crippen molar-refractivity contribution in [2.45, 2.75) is 18.9 Å². The number of hydrogen-bond acceptors (Lipinski definition) is 4. The number of esters is 1. The Morgan fingerprint density at radius 3 is 2.45 bits per heavy atom. The number of nitrogens with zero attached hydrogens (tertiary/aromatic N) is 1. The molecule has 1 aliphatic rings. The Hall–Kier alpha value is -3.08. The Bertz CT molecular complexity index is 1070. The first kappa shape index (κ1) is 21.2. The summed E-state index contributed by atoms with van der Waals surface area (Å²) in [5.74, 6) is -0.325. The van der Waals surface area contributed by atoms with Crippen LogP contribution in [-0.2, 0) is 9.57 Å². The maximum Gasteiger partial charge on any atom is 0.338 e. The molecule has 2 atom stereocenters. The van der Waals surface area contributed by atoms with Gasteiger partial charge in [0.05, 0.1) is 30.5 Å². The minimum atomic E-state index is -0.337. The van der Waals surface area contributed by atoms with Crippen molar-refractivity contribution in [2.75, 3.05) is 18.3 Å². The highest BCUT2D eigenvalue weighted by Gasteiger charge is 2.37. The molecule has 5 heteroatoms. The molecule has 0 aromatic heterocycles. The Balaban J connectivity index is 1.77. The van der Waals surface area contributed by atoms with Gasteiger partial charge in [0, 0.05) is 10.9 Å². The summed E-state index contributed by atoms with van der Waals surface area (Å²) in [5, 5.41) is 2.56. The van der Waals surface area contributed by atoms with Crippen LogP contribution in [0.4, 0.5) is 5.69 Å². The summed E-state index contributed by atoms with van der Waals surface area (Å²) in [5.41, 5.74) is 4.53. The van der Waals surface area contributed by atoms with Crippen LogP contribution in [-0.4, -0.2) is 19.2 Å². The molecular formula is C26H24ClNO3. The zero-order valence-corrected chi connectivity index (χ0v) is 18.1. The average molecular weight is 434 g/mol. The lowest BCUT2D eigenvalue weighted by Gasteiger charge is -2.43. The number of rotatable bonds is 5. The van der Waals surface area contributed by atoms with Crippen molar-refractivity contribution in [3.8, 4) is 0 Å². The number of anilines is 1. The smallest absolute Gasteiger partial charge is 0.338 e. The van der Waals surface area contributed by atoms with Crippen LogP contribution in [0.15, 0.2) is 91.0 Å². The summed E-state index contributed by atoms with van der Waals surface area (Å²) >= 11 is 6.34. The summed E-state index contributed by atoms with van der Waals surface area (Å²) in [4.78, 5) is 18.2. The SMILES string of the molecule is C=C1CON(c2ccc(C(=O)OCC)cc2)[C@H](c2cccc(Cl)c2)[C@H]1c1ccccc1. The van der Waals surface area contributed by atoms with Gasteiger partial charge in [-0.05, 0) is 60.0 Å². The summed E-state index contributed by atoms with van der Waals surface area (Å²) in [6.45, 7) is 6.84. The maximum absolute atomic E-state index is 12.0. The molecule has 0 N–H and O–H groups in total. The first-order chi connectivity index (χ1) is 15.1. The largest absolute Gasteiger partial charge is 0.462 e. The summed E-state index contributed by atoms with van der Waals surface area (Å²) in [7, 11) is 0. The molecule has 0 radical (unpaired) electrons. The lowest BCUT2D eigenvalue weighted by Crippen LogP contribution is -2.39. The third kappa shape index (κ3) is 4.50. The molecule has 1 aliphatic heterocycles. The van der Waals surface area contributed by atoms with Gasteiger partial charge in [0.1, 0.15) is 0 Å². The molecule has 0 saturated carbocycles. The van der Waals surface area contributed by atoms with E-state index in [1.165, 1.54) is 0 Å². The van der Waals surface area contributed by atoms with E-state index < -0.39 is 0 Å². The minimum absolute atomic E-state index is 0.0122. The molecule has 0 amide bonds. The van der Waals surface area contributed by atoms with Crippen molar-refractivity contribution >= 4 is 23.3 Å². The molecule has 4 nitrogen and oxygen atoms in total. The number of halogens is 1. The predicted octanol–water partition coefficient (Wildman–Crippen LogP) is 6.35. The van der Waals surface area contributed by atoms with E-state index in [2.05, 4.69) is 24.8 Å². The quantitative estimate of drug-likeness (QED) is 0.347. The van der Waals surface area contributed by atoms with E-state index in [0.717, 1.165) is 22.4 Å². The molecular weight excluding hydrogens is 410 g/mol. The third-order valence-electron chi connectivity index (χ3n) is 5.38. The Kier molecular flexibility index (Phi) is 6.40. The van der Waals surface area contributed by atoms with Crippen LogP contribution in [0, 0.1) is 0 Å². The van der Waals surface area contributed by atoms with Crippen LogP contribution in [0.5, 0.6) is 0 Å². The lowest BCUT2D eigenvalue weighted by molar-refractivity contribution is 0.0525. The molecule has 3 aromatic rings. The number of ether oxygens (including phenoxy) is 1. The number of hydrogen-bond donors (Lipinski definition) is 0. The molecule has 158 valence electrons. The molecule has 31 heavy (non-hydrogen) atoms. The zero-order valence-electron chi connectivity index (χ0n) is 17.3. The Labute approximate surface area is 187 Å². The fraction of sp³-hybridized carbons (Fsp3) is 0.192. The molecule has 4 rings (SSSR count). The second-order valence-electron chi connectivity index (χ2n) is 7.41. The highest BCUT2D eigenvalue weighted by molar-refractivity contribution is 6.30. The third-order valence-corrected chi connectivity index (χ3v) is 5.61. The minimum Gasteiger partial charge on any atom is -0.462 e. The fourth-order valence-corrected chi connectivity index (χ4v) is 4.17. The second kappa shape index (κ2) is 9.38. The highest BCUT2D eigenvalue weighted by atomic mass is 35.5. The van der Waals surface area contributed by atoms with Crippen molar-refractivity contribution in [2.24, 2.45) is 0 Å². The Morgan fingerprint density at radius 2 is 1.77 bits per heavy atom. The van der Waals surface area contributed by atoms with Crippen molar-refractivity contribution in [1.82, 2.24) is 0 Å². The van der Waals surface area contributed by atoms with Gasteiger partial charge in [0.2, 0.25) is 0 Å². The van der Waals surface area contributed by atoms with Crippen LogP contribution in [0.25, 0.3) is 0 Å². The van der Waals surface area contributed by atoms with Gasteiger partial charge in [-0.2, -0.15) is 0 Å². The van der Waals surface area contributed by atoms with E-state index in [9.17, 15) is 4.79 Å². The molecule has 1 fully saturated rings. The van der Waals surface area contributed by atoms with Gasteiger partial charge >= 0.3 is 5.97 Å². The molecule has 0 bridgehead atoms. The zero-order chi connectivity index (χ0) is 21.8. The highest BCUT2D eigenvalue weighted by Crippen LogP contribution is 2.46. The molecule has 1 heterocycles. The molecule has 0 aliphatic carbocycles. The van der Waals surface area contributed by atoms with Crippen LogP contribution in [0.3, 0.4) is 0 Å². The average Bonchev–Trinajstić information content (AvgIpc) is 2.80. The van der Waals surface area contributed by atoms with Crippen LogP contribution in [0.1, 0.15) is 40.4 Å². The van der Waals surface area contributed by atoms with Crippen molar-refractivity contribution in [1.29, 1.82) is 0 Å². The standard InChI is InChI=1S/C26H24ClNO3/c1-3-30-26(29)20-12-14-23(15-13-20)28-25(21-10-7-11-22(27)16-21)24(18(2)17-31-28)19-8-5-4-6-9-19/h4-16,24-25H,2-3,17H2,1H3/t24-,25-/m1/s1. The van der Waals surface area contributed by atoms with Crippen LogP contribution < -0.4 is 5.06 Å². The summed E-state index contributed by atoms with van der Waals surface area (Å²) in [6.07, 6.45) is 0. The van der Waals surface area contributed by atoms with Gasteiger partial charge < -0.3 is 4.74 Å². The number of carbonyl (C=O) groups excluding carboxylic acids is 1. The van der Waals surface area contributed by atoms with E-state index in [0.29, 0.717) is 23.8 Å². The van der Waals surface area contributed by atoms with Crippen LogP contribution >= 0.6 is 11.6 Å². The normalized spacial score (nSPS) is 18.6. The monoisotopic (exact) mass is 433 g/mol. The van der Waals surface area contributed by atoms with Gasteiger partial charge in [0.25, 0.3) is 0 Å². The molecule has 0 unspecified atom stereocenters. The van der Waals surface area contributed by atoms with E-state index in [1.54, 1.807) is 19.1 Å². The van der Waals surface area contributed by atoms with Crippen molar-refractivity contribution in [3.05, 3.63) is 113 Å². The summed E-state index contributed by atoms with van der Waals surface area (Å²) < 4.78 is 5.10. The first-order valence-corrected chi connectivity index (χ1v) is 10.6. The fourth-order valence-electron chi connectivity index (χ4n) is 3.97. The van der Waals surface area contributed by atoms with Gasteiger partial charge in [-0.25, -0.2) is 9.86 Å². The molecule has 0 spiro atoms. The number of hydroxylamine groups is 1. The van der Waals surface area contributed by atoms with Gasteiger partial charge in [0.15, 0.2) is 0 Å². The Morgan fingerprint density at radius 1 is 1.06 bits per heavy atom. The first-order valence-electron chi connectivity index (χ1n) is 10.3. The summed E-state index contributed by atoms with van der Waals surface area (Å²) in [6, 6.07) is 25.2. The van der Waals surface area contributed by atoms with Crippen LogP contribution in [0.2, 0.25) is 5.02 Å². The van der Waals surface area contributed by atoms with E-state index in [1.807, 2.05) is 53.6 Å². The topological polar surface area (TPSA) is 38.8 Å². The van der Waals surface area contributed by atoms with Gasteiger partial charge in [-0.3, -0.25) is 4.84 Å². The van der Waals surface area contributed by atoms with Crippen molar-refractivity contribution < 1.29 is 14.4 Å². The van der Waals surface area contributed by atoms with E-state index >= 15 is 0 Å². The van der Waals surface area contributed by atoms with Gasteiger partial charge in [-0.1, -0.05) is 60.6 Å². The molecule has 3 aromatic carbocycles. The van der Waals surface area contributed by atoms with Crippen molar-refractivity contribution in [3.63, 3.8) is 0 Å². The predicted molar refractivity (Wildman–Crippen MR) is 123 cm³/mol. The van der Waals surface area contributed by atoms with E-state index in [-0.39, 0.29) is 17.9 Å². The van der Waals surface area contributed by atoms with E-state index in [4.69, 9.17) is 21.2 Å². The van der Waals surface area contributed by atoms with Gasteiger partial charge in [-0.15, -0.1) is 0 Å². The number of carbonyl (C=O) groups is 1. The number of benzene rings is 3.